The molecule has 0 aromatic carbocycles. The average molecular weight is 253 g/mol. The van der Waals surface area contributed by atoms with Gasteiger partial charge >= 0.3 is 5.97 Å². The van der Waals surface area contributed by atoms with Gasteiger partial charge in [0.1, 0.15) is 6.10 Å². The number of carbonyl (C=O) groups excluding carboxylic acids is 1. The Bertz CT molecular complexity index is 276. The number of carbonyl (C=O) groups is 1. The van der Waals surface area contributed by atoms with Gasteiger partial charge in [-0.05, 0) is 57.3 Å². The van der Waals surface area contributed by atoms with Crippen molar-refractivity contribution in [2.75, 3.05) is 6.54 Å². The molecule has 3 nitrogen and oxygen atoms in total. The van der Waals surface area contributed by atoms with Gasteiger partial charge in [0.15, 0.2) is 0 Å². The van der Waals surface area contributed by atoms with Gasteiger partial charge in [0, 0.05) is 6.54 Å². The van der Waals surface area contributed by atoms with Crippen LogP contribution in [-0.2, 0) is 9.53 Å². The molecule has 3 heteroatoms. The zero-order valence-corrected chi connectivity index (χ0v) is 11.6. The first-order valence-corrected chi connectivity index (χ1v) is 7.57. The molecule has 0 radical (unpaired) electrons. The van der Waals surface area contributed by atoms with Crippen LogP contribution in [-0.4, -0.2) is 18.6 Å². The van der Waals surface area contributed by atoms with Gasteiger partial charge in [-0.25, -0.2) is 0 Å². The van der Waals surface area contributed by atoms with E-state index in [9.17, 15) is 4.79 Å². The van der Waals surface area contributed by atoms with Gasteiger partial charge in [-0.2, -0.15) is 0 Å². The SMILES string of the molecule is CC1CCC(CN)(C(=O)OC2CCCCC2)CC1. The lowest BCUT2D eigenvalue weighted by molar-refractivity contribution is -0.165. The minimum atomic E-state index is -0.371. The Morgan fingerprint density at radius 2 is 1.78 bits per heavy atom. The Kier molecular flexibility index (Phi) is 4.66. The standard InChI is InChI=1S/C15H27NO2/c1-12-7-9-15(11-16,10-8-12)14(17)18-13-5-3-2-4-6-13/h12-13H,2-11,16H2,1H3. The average Bonchev–Trinajstić information content (AvgIpc) is 2.41. The van der Waals surface area contributed by atoms with E-state index in [1.54, 1.807) is 0 Å². The molecule has 0 atom stereocenters. The number of rotatable bonds is 3. The molecule has 2 saturated carbocycles. The second-order valence-electron chi connectivity index (χ2n) is 6.33. The van der Waals surface area contributed by atoms with E-state index in [1.807, 2.05) is 0 Å². The molecule has 0 heterocycles. The monoisotopic (exact) mass is 253 g/mol. The maximum Gasteiger partial charge on any atom is 0.313 e. The zero-order valence-electron chi connectivity index (χ0n) is 11.6. The fourth-order valence-corrected chi connectivity index (χ4v) is 3.27. The van der Waals surface area contributed by atoms with Gasteiger partial charge in [0.05, 0.1) is 5.41 Å². The zero-order chi connectivity index (χ0) is 13.0. The Hall–Kier alpha value is -0.570. The molecule has 0 aliphatic heterocycles. The molecule has 0 aromatic heterocycles. The van der Waals surface area contributed by atoms with Gasteiger partial charge in [-0.3, -0.25) is 4.79 Å². The molecule has 0 aromatic rings. The van der Waals surface area contributed by atoms with Crippen LogP contribution in [0.25, 0.3) is 0 Å². The minimum absolute atomic E-state index is 0.0104. The summed E-state index contributed by atoms with van der Waals surface area (Å²) in [6.45, 7) is 2.71. The third kappa shape index (κ3) is 3.05. The summed E-state index contributed by atoms with van der Waals surface area (Å²) in [5, 5.41) is 0. The number of esters is 1. The highest BCUT2D eigenvalue weighted by Gasteiger charge is 2.42. The molecule has 0 saturated heterocycles. The first kappa shape index (κ1) is 13.9. The lowest BCUT2D eigenvalue weighted by Crippen LogP contribution is -2.44. The molecule has 2 aliphatic carbocycles. The second kappa shape index (κ2) is 6.05. The number of hydrogen-bond acceptors (Lipinski definition) is 3. The van der Waals surface area contributed by atoms with E-state index in [4.69, 9.17) is 10.5 Å². The molecular formula is C15H27NO2. The summed E-state index contributed by atoms with van der Waals surface area (Å²) >= 11 is 0. The summed E-state index contributed by atoms with van der Waals surface area (Å²) in [4.78, 5) is 12.4. The van der Waals surface area contributed by atoms with Crippen molar-refractivity contribution in [3.63, 3.8) is 0 Å². The first-order chi connectivity index (χ1) is 8.66. The van der Waals surface area contributed by atoms with Crippen molar-refractivity contribution in [1.82, 2.24) is 0 Å². The molecule has 2 aliphatic rings. The molecular weight excluding hydrogens is 226 g/mol. The van der Waals surface area contributed by atoms with Crippen LogP contribution in [0, 0.1) is 11.3 Å². The number of hydrogen-bond donors (Lipinski definition) is 1. The fourth-order valence-electron chi connectivity index (χ4n) is 3.27. The lowest BCUT2D eigenvalue weighted by Gasteiger charge is -2.37. The summed E-state index contributed by atoms with van der Waals surface area (Å²) < 4.78 is 5.74. The normalized spacial score (nSPS) is 34.2. The minimum Gasteiger partial charge on any atom is -0.462 e. The van der Waals surface area contributed by atoms with Crippen molar-refractivity contribution in [3.8, 4) is 0 Å². The van der Waals surface area contributed by atoms with Crippen LogP contribution in [0.15, 0.2) is 0 Å². The third-order valence-electron chi connectivity index (χ3n) is 4.88. The van der Waals surface area contributed by atoms with Crippen LogP contribution in [0.2, 0.25) is 0 Å². The summed E-state index contributed by atoms with van der Waals surface area (Å²) in [5.74, 6) is 0.718. The smallest absolute Gasteiger partial charge is 0.313 e. The highest BCUT2D eigenvalue weighted by molar-refractivity contribution is 5.77. The first-order valence-electron chi connectivity index (χ1n) is 7.57. The van der Waals surface area contributed by atoms with Crippen molar-refractivity contribution in [2.24, 2.45) is 17.1 Å². The van der Waals surface area contributed by atoms with E-state index < -0.39 is 0 Å². The van der Waals surface area contributed by atoms with Crippen LogP contribution in [0.4, 0.5) is 0 Å². The summed E-state index contributed by atoms with van der Waals surface area (Å²) in [6, 6.07) is 0. The molecule has 104 valence electrons. The van der Waals surface area contributed by atoms with Crippen LogP contribution in [0.5, 0.6) is 0 Å². The number of nitrogens with two attached hydrogens (primary N) is 1. The summed E-state index contributed by atoms with van der Waals surface area (Å²) in [7, 11) is 0. The van der Waals surface area contributed by atoms with E-state index in [0.29, 0.717) is 6.54 Å². The Morgan fingerprint density at radius 3 is 2.33 bits per heavy atom. The molecule has 0 unspecified atom stereocenters. The van der Waals surface area contributed by atoms with Gasteiger partial charge in [0.25, 0.3) is 0 Å². The molecule has 2 N–H and O–H groups in total. The van der Waals surface area contributed by atoms with Crippen molar-refractivity contribution in [2.45, 2.75) is 70.8 Å². The summed E-state index contributed by atoms with van der Waals surface area (Å²) in [6.07, 6.45) is 9.98. The van der Waals surface area contributed by atoms with Gasteiger partial charge in [-0.15, -0.1) is 0 Å². The highest BCUT2D eigenvalue weighted by Crippen LogP contribution is 2.39. The van der Waals surface area contributed by atoms with Gasteiger partial charge in [-0.1, -0.05) is 13.3 Å². The fraction of sp³-hybridized carbons (Fsp3) is 0.933. The number of ether oxygens (including phenoxy) is 1. The van der Waals surface area contributed by atoms with E-state index in [-0.39, 0.29) is 17.5 Å². The largest absolute Gasteiger partial charge is 0.462 e. The second-order valence-corrected chi connectivity index (χ2v) is 6.33. The van der Waals surface area contributed by atoms with Crippen LogP contribution in [0.1, 0.15) is 64.7 Å². The predicted molar refractivity (Wildman–Crippen MR) is 72.1 cm³/mol. The van der Waals surface area contributed by atoms with Crippen molar-refractivity contribution in [3.05, 3.63) is 0 Å². The molecule has 2 rings (SSSR count). The Balaban J connectivity index is 1.92. The van der Waals surface area contributed by atoms with E-state index >= 15 is 0 Å². The van der Waals surface area contributed by atoms with E-state index in [2.05, 4.69) is 6.92 Å². The Labute approximate surface area is 110 Å². The third-order valence-corrected chi connectivity index (χ3v) is 4.88. The highest BCUT2D eigenvalue weighted by atomic mass is 16.5. The van der Waals surface area contributed by atoms with E-state index in [0.717, 1.165) is 44.4 Å². The van der Waals surface area contributed by atoms with Crippen LogP contribution < -0.4 is 5.73 Å². The summed E-state index contributed by atoms with van der Waals surface area (Å²) in [5.41, 5.74) is 5.52. The van der Waals surface area contributed by atoms with E-state index in [1.165, 1.54) is 19.3 Å². The maximum atomic E-state index is 12.4. The lowest BCUT2D eigenvalue weighted by atomic mass is 9.71. The topological polar surface area (TPSA) is 52.3 Å². The molecule has 18 heavy (non-hydrogen) atoms. The van der Waals surface area contributed by atoms with Gasteiger partial charge in [0.2, 0.25) is 0 Å². The van der Waals surface area contributed by atoms with Crippen molar-refractivity contribution in [1.29, 1.82) is 0 Å². The van der Waals surface area contributed by atoms with Gasteiger partial charge < -0.3 is 10.5 Å². The van der Waals surface area contributed by atoms with Crippen LogP contribution >= 0.6 is 0 Å². The van der Waals surface area contributed by atoms with Crippen molar-refractivity contribution < 1.29 is 9.53 Å². The molecule has 0 spiro atoms. The molecule has 0 amide bonds. The predicted octanol–water partition coefficient (Wildman–Crippen LogP) is 3.02. The molecule has 0 bridgehead atoms. The molecule has 2 fully saturated rings. The quantitative estimate of drug-likeness (QED) is 0.787. The van der Waals surface area contributed by atoms with Crippen LogP contribution in [0.3, 0.4) is 0 Å². The van der Waals surface area contributed by atoms with Crippen molar-refractivity contribution >= 4 is 5.97 Å². The maximum absolute atomic E-state index is 12.4. The Morgan fingerprint density at radius 1 is 1.17 bits per heavy atom.